The van der Waals surface area contributed by atoms with Gasteiger partial charge >= 0.3 is 12.2 Å². The Balaban J connectivity index is 1.10. The van der Waals surface area contributed by atoms with Crippen LogP contribution in [0.3, 0.4) is 0 Å². The van der Waals surface area contributed by atoms with Crippen LogP contribution in [0.15, 0.2) is 60.8 Å². The summed E-state index contributed by atoms with van der Waals surface area (Å²) in [6, 6.07) is 14.3. The first kappa shape index (κ1) is 29.9. The van der Waals surface area contributed by atoms with Gasteiger partial charge in [0.25, 0.3) is 5.69 Å². The lowest BCUT2D eigenvalue weighted by atomic mass is 9.92. The van der Waals surface area contributed by atoms with Crippen LogP contribution < -0.4 is 20.3 Å². The molecule has 2 heterocycles. The molecule has 1 aliphatic heterocycles. The molecule has 43 heavy (non-hydrogen) atoms. The second-order valence-corrected chi connectivity index (χ2v) is 10.8. The molecule has 228 valence electrons. The summed E-state index contributed by atoms with van der Waals surface area (Å²) in [5, 5.41) is 17.0. The molecule has 1 aliphatic carbocycles. The lowest BCUT2D eigenvalue weighted by Gasteiger charge is -2.36. The molecule has 3 aromatic rings. The number of nitrogens with zero attached hydrogens (tertiary/aromatic N) is 4. The van der Waals surface area contributed by atoms with Gasteiger partial charge in [-0.25, -0.2) is 9.78 Å². The molecule has 2 fully saturated rings. The van der Waals surface area contributed by atoms with E-state index >= 15 is 0 Å². The number of carbonyl (C=O) groups is 1. The zero-order chi connectivity index (χ0) is 30.6. The summed E-state index contributed by atoms with van der Waals surface area (Å²) in [6.45, 7) is 4.48. The molecule has 0 radical (unpaired) electrons. The number of anilines is 3. The first-order valence-electron chi connectivity index (χ1n) is 14.2. The van der Waals surface area contributed by atoms with E-state index in [-0.39, 0.29) is 23.9 Å². The van der Waals surface area contributed by atoms with Crippen molar-refractivity contribution in [2.24, 2.45) is 0 Å². The van der Waals surface area contributed by atoms with E-state index in [4.69, 9.17) is 4.74 Å². The van der Waals surface area contributed by atoms with Crippen LogP contribution >= 0.6 is 0 Å². The third kappa shape index (κ3) is 7.65. The number of alkyl halides is 3. The number of hydrogen-bond donors (Lipinski definition) is 2. The van der Waals surface area contributed by atoms with Gasteiger partial charge in [0.2, 0.25) is 5.88 Å². The minimum atomic E-state index is -4.82. The highest BCUT2D eigenvalue weighted by Gasteiger charge is 2.38. The second kappa shape index (κ2) is 12.8. The standard InChI is InChI=1S/C30H33F3N6O4/c1-20-2-4-22(5-3-20)36-29(40)38-16-14-37(15-17-38)24-12-13-34-28(19-24)43-25-9-6-21(7-10-25)35-23-8-11-27(39(41)42)26(18-23)30(31,32)33/h2-5,8,11-13,18-19,21,25,35H,6-7,9-10,14-17H2,1H3,(H,36,40)/t21-,25-. The SMILES string of the molecule is Cc1ccc(NC(=O)N2CCN(c3ccnc(O[C@H]4CC[C@H](Nc5ccc([N+](=O)[O-])c(C(F)(F)F)c5)CC4)c3)CC2)cc1. The van der Waals surface area contributed by atoms with E-state index in [0.717, 1.165) is 29.1 Å². The van der Waals surface area contributed by atoms with Gasteiger partial charge in [-0.1, -0.05) is 17.7 Å². The van der Waals surface area contributed by atoms with Crippen molar-refractivity contribution < 1.29 is 27.6 Å². The monoisotopic (exact) mass is 598 g/mol. The zero-order valence-corrected chi connectivity index (χ0v) is 23.6. The van der Waals surface area contributed by atoms with Crippen molar-refractivity contribution in [2.75, 3.05) is 41.7 Å². The van der Waals surface area contributed by atoms with Crippen molar-refractivity contribution in [3.05, 3.63) is 82.0 Å². The van der Waals surface area contributed by atoms with Crippen LogP contribution in [-0.4, -0.2) is 59.2 Å². The number of carbonyl (C=O) groups excluding carboxylic acids is 1. The predicted octanol–water partition coefficient (Wildman–Crippen LogP) is 6.47. The van der Waals surface area contributed by atoms with Gasteiger partial charge in [0, 0.05) is 67.6 Å². The number of pyridine rings is 1. The molecule has 2 aliphatic rings. The Morgan fingerprint density at radius 2 is 1.65 bits per heavy atom. The van der Waals surface area contributed by atoms with Crippen LogP contribution in [0.25, 0.3) is 0 Å². The number of aromatic nitrogens is 1. The van der Waals surface area contributed by atoms with Crippen LogP contribution in [0.4, 0.5) is 40.7 Å². The summed E-state index contributed by atoms with van der Waals surface area (Å²) < 4.78 is 46.2. The van der Waals surface area contributed by atoms with Gasteiger partial charge in [-0.15, -0.1) is 0 Å². The van der Waals surface area contributed by atoms with E-state index in [9.17, 15) is 28.1 Å². The topological polar surface area (TPSA) is 113 Å². The summed E-state index contributed by atoms with van der Waals surface area (Å²) in [5.74, 6) is 0.499. The molecule has 0 unspecified atom stereocenters. The molecule has 1 saturated carbocycles. The van der Waals surface area contributed by atoms with Gasteiger partial charge in [0.15, 0.2) is 0 Å². The number of nitro benzene ring substituents is 1. The van der Waals surface area contributed by atoms with Crippen LogP contribution in [0, 0.1) is 17.0 Å². The largest absolute Gasteiger partial charge is 0.474 e. The average molecular weight is 599 g/mol. The third-order valence-corrected chi connectivity index (χ3v) is 7.78. The fourth-order valence-corrected chi connectivity index (χ4v) is 5.41. The molecule has 13 heteroatoms. The number of ether oxygens (including phenoxy) is 1. The van der Waals surface area contributed by atoms with E-state index in [1.807, 2.05) is 43.3 Å². The summed E-state index contributed by atoms with van der Waals surface area (Å²) in [6.07, 6.45) is -0.539. The number of aryl methyl sites for hydroxylation is 1. The third-order valence-electron chi connectivity index (χ3n) is 7.78. The summed E-state index contributed by atoms with van der Waals surface area (Å²) in [5.41, 5.74) is 0.818. The van der Waals surface area contributed by atoms with E-state index in [2.05, 4.69) is 20.5 Å². The van der Waals surface area contributed by atoms with Crippen LogP contribution in [0.2, 0.25) is 0 Å². The van der Waals surface area contributed by atoms with Crippen molar-refractivity contribution in [1.29, 1.82) is 0 Å². The highest BCUT2D eigenvalue weighted by atomic mass is 19.4. The van der Waals surface area contributed by atoms with Gasteiger partial charge in [-0.3, -0.25) is 10.1 Å². The molecule has 1 aromatic heterocycles. The molecule has 0 atom stereocenters. The Labute approximate surface area is 247 Å². The van der Waals surface area contributed by atoms with Crippen molar-refractivity contribution in [1.82, 2.24) is 9.88 Å². The van der Waals surface area contributed by atoms with Crippen LogP contribution in [0.5, 0.6) is 5.88 Å². The molecule has 2 amide bonds. The van der Waals surface area contributed by atoms with E-state index in [1.165, 1.54) is 6.07 Å². The number of amides is 2. The van der Waals surface area contributed by atoms with Gasteiger partial charge in [-0.2, -0.15) is 13.2 Å². The number of piperazine rings is 1. The van der Waals surface area contributed by atoms with Crippen LogP contribution in [-0.2, 0) is 6.18 Å². The summed E-state index contributed by atoms with van der Waals surface area (Å²) in [4.78, 5) is 31.0. The van der Waals surface area contributed by atoms with Crippen molar-refractivity contribution in [3.63, 3.8) is 0 Å². The molecule has 0 spiro atoms. The van der Waals surface area contributed by atoms with Crippen molar-refractivity contribution in [3.8, 4) is 5.88 Å². The van der Waals surface area contributed by atoms with E-state index < -0.39 is 22.4 Å². The normalized spacial score (nSPS) is 19.1. The first-order valence-corrected chi connectivity index (χ1v) is 14.2. The van der Waals surface area contributed by atoms with Crippen LogP contribution in [0.1, 0.15) is 36.8 Å². The molecule has 0 bridgehead atoms. The Bertz CT molecular complexity index is 1440. The van der Waals surface area contributed by atoms with Gasteiger partial charge in [0.05, 0.1) is 4.92 Å². The van der Waals surface area contributed by atoms with Crippen molar-refractivity contribution in [2.45, 2.75) is 50.9 Å². The summed E-state index contributed by atoms with van der Waals surface area (Å²) in [7, 11) is 0. The van der Waals surface area contributed by atoms with Gasteiger partial charge < -0.3 is 25.2 Å². The second-order valence-electron chi connectivity index (χ2n) is 10.8. The lowest BCUT2D eigenvalue weighted by molar-refractivity contribution is -0.388. The molecule has 2 aromatic carbocycles. The molecule has 5 rings (SSSR count). The highest BCUT2D eigenvalue weighted by Crippen LogP contribution is 2.38. The smallest absolute Gasteiger partial charge is 0.423 e. The number of benzene rings is 2. The highest BCUT2D eigenvalue weighted by molar-refractivity contribution is 5.89. The zero-order valence-electron chi connectivity index (χ0n) is 23.6. The molecule has 10 nitrogen and oxygen atoms in total. The number of hydrogen-bond acceptors (Lipinski definition) is 7. The predicted molar refractivity (Wildman–Crippen MR) is 157 cm³/mol. The molecular weight excluding hydrogens is 565 g/mol. The Morgan fingerprint density at radius 3 is 2.30 bits per heavy atom. The molecular formula is C30H33F3N6O4. The number of halogens is 3. The number of nitrogens with one attached hydrogen (secondary N) is 2. The minimum Gasteiger partial charge on any atom is -0.474 e. The van der Waals surface area contributed by atoms with Gasteiger partial charge in [-0.05, 0) is 62.9 Å². The Morgan fingerprint density at radius 1 is 0.977 bits per heavy atom. The maximum absolute atomic E-state index is 13.3. The number of nitro groups is 1. The summed E-state index contributed by atoms with van der Waals surface area (Å²) >= 11 is 0. The first-order chi connectivity index (χ1) is 20.5. The fourth-order valence-electron chi connectivity index (χ4n) is 5.41. The Kier molecular flexibility index (Phi) is 8.88. The van der Waals surface area contributed by atoms with Gasteiger partial charge in [0.1, 0.15) is 11.7 Å². The molecule has 1 saturated heterocycles. The van der Waals surface area contributed by atoms with E-state index in [0.29, 0.717) is 57.7 Å². The maximum atomic E-state index is 13.3. The quantitative estimate of drug-likeness (QED) is 0.237. The lowest BCUT2D eigenvalue weighted by Crippen LogP contribution is -2.50. The number of urea groups is 1. The Hall–Kier alpha value is -4.55. The van der Waals surface area contributed by atoms with E-state index in [1.54, 1.807) is 11.1 Å². The van der Waals surface area contributed by atoms with Crippen molar-refractivity contribution >= 4 is 28.8 Å². The fraction of sp³-hybridized carbons (Fsp3) is 0.400. The number of rotatable bonds is 7. The average Bonchev–Trinajstić information content (AvgIpc) is 2.99. The maximum Gasteiger partial charge on any atom is 0.423 e. The minimum absolute atomic E-state index is 0.0822. The molecule has 2 N–H and O–H groups in total.